The van der Waals surface area contributed by atoms with Crippen molar-refractivity contribution >= 4 is 41.5 Å². The number of anilines is 1. The van der Waals surface area contributed by atoms with E-state index >= 15 is 0 Å². The lowest BCUT2D eigenvalue weighted by atomic mass is 10.0. The number of aliphatic imine (C=N–C) groups is 1. The van der Waals surface area contributed by atoms with Gasteiger partial charge in [0.1, 0.15) is 12.4 Å². The Bertz CT molecular complexity index is 827. The lowest BCUT2D eigenvalue weighted by Crippen LogP contribution is -2.39. The van der Waals surface area contributed by atoms with E-state index in [0.29, 0.717) is 19.6 Å². The van der Waals surface area contributed by atoms with Gasteiger partial charge in [-0.05, 0) is 55.5 Å². The third kappa shape index (κ3) is 7.85. The van der Waals surface area contributed by atoms with E-state index in [-0.39, 0.29) is 29.9 Å². The Morgan fingerprint density at radius 3 is 2.77 bits per heavy atom. The molecule has 1 amide bonds. The standard InChI is InChI=1S/C23H30N4O2.HI/c1-2-24-23(25-14-6-9-18-7-4-3-5-8-18)26-15-16-29-20-11-12-21-19(17-20)10-13-22(28)27-21;/h3-5,7-8,11-12,17H,2,6,9-10,13-16H2,1H3,(H,27,28)(H2,24,25,26);1H. The predicted octanol–water partition coefficient (Wildman–Crippen LogP) is 3.76. The molecule has 1 aliphatic heterocycles. The SMILES string of the molecule is CCNC(=NCCCc1ccccc1)NCCOc1ccc2c(c1)CCC(=O)N2.I. The predicted molar refractivity (Wildman–Crippen MR) is 133 cm³/mol. The molecule has 0 saturated heterocycles. The molecule has 1 heterocycles. The van der Waals surface area contributed by atoms with Crippen molar-refractivity contribution in [2.24, 2.45) is 4.99 Å². The van der Waals surface area contributed by atoms with Crippen LogP contribution in [0.4, 0.5) is 5.69 Å². The Balaban J connectivity index is 0.00000320. The Kier molecular flexibility index (Phi) is 10.5. The normalized spacial score (nSPS) is 13.0. The maximum atomic E-state index is 11.4. The fourth-order valence-electron chi connectivity index (χ4n) is 3.25. The summed E-state index contributed by atoms with van der Waals surface area (Å²) in [7, 11) is 0. The molecule has 1 aliphatic rings. The molecular formula is C23H31IN4O2. The summed E-state index contributed by atoms with van der Waals surface area (Å²) >= 11 is 0. The first kappa shape index (κ1) is 24.0. The van der Waals surface area contributed by atoms with E-state index < -0.39 is 0 Å². The molecule has 0 aromatic heterocycles. The fraction of sp³-hybridized carbons (Fsp3) is 0.391. The molecule has 6 nitrogen and oxygen atoms in total. The van der Waals surface area contributed by atoms with Gasteiger partial charge < -0.3 is 20.7 Å². The average molecular weight is 522 g/mol. The highest BCUT2D eigenvalue weighted by Gasteiger charge is 2.14. The highest BCUT2D eigenvalue weighted by molar-refractivity contribution is 14.0. The van der Waals surface area contributed by atoms with Crippen LogP contribution in [0.5, 0.6) is 5.75 Å². The van der Waals surface area contributed by atoms with Gasteiger partial charge in [-0.2, -0.15) is 0 Å². The van der Waals surface area contributed by atoms with Crippen LogP contribution in [0.15, 0.2) is 53.5 Å². The van der Waals surface area contributed by atoms with Crippen LogP contribution in [0.25, 0.3) is 0 Å². The van der Waals surface area contributed by atoms with E-state index in [1.165, 1.54) is 5.56 Å². The quantitative estimate of drug-likeness (QED) is 0.203. The Labute approximate surface area is 195 Å². The van der Waals surface area contributed by atoms with E-state index in [4.69, 9.17) is 4.74 Å². The van der Waals surface area contributed by atoms with Gasteiger partial charge in [-0.15, -0.1) is 24.0 Å². The number of aryl methyl sites for hydroxylation is 2. The van der Waals surface area contributed by atoms with Gasteiger partial charge in [0.15, 0.2) is 5.96 Å². The fourth-order valence-corrected chi connectivity index (χ4v) is 3.25. The number of carbonyl (C=O) groups excluding carboxylic acids is 1. The maximum absolute atomic E-state index is 11.4. The molecule has 0 saturated carbocycles. The van der Waals surface area contributed by atoms with E-state index in [0.717, 1.165) is 55.3 Å². The summed E-state index contributed by atoms with van der Waals surface area (Å²) in [6, 6.07) is 16.3. The number of nitrogens with zero attached hydrogens (tertiary/aromatic N) is 1. The first-order valence-electron chi connectivity index (χ1n) is 10.4. The van der Waals surface area contributed by atoms with Crippen molar-refractivity contribution < 1.29 is 9.53 Å². The first-order valence-corrected chi connectivity index (χ1v) is 10.4. The van der Waals surface area contributed by atoms with Crippen molar-refractivity contribution in [2.45, 2.75) is 32.6 Å². The molecule has 0 radical (unpaired) electrons. The molecule has 3 rings (SSSR count). The topological polar surface area (TPSA) is 74.8 Å². The molecule has 0 unspecified atom stereocenters. The number of hydrogen-bond acceptors (Lipinski definition) is 3. The van der Waals surface area contributed by atoms with Crippen LogP contribution in [0.1, 0.15) is 30.9 Å². The van der Waals surface area contributed by atoms with Gasteiger partial charge in [0, 0.05) is 25.2 Å². The minimum Gasteiger partial charge on any atom is -0.492 e. The van der Waals surface area contributed by atoms with Crippen molar-refractivity contribution in [2.75, 3.05) is 31.6 Å². The highest BCUT2D eigenvalue weighted by Crippen LogP contribution is 2.26. The van der Waals surface area contributed by atoms with Crippen molar-refractivity contribution in [1.82, 2.24) is 10.6 Å². The van der Waals surface area contributed by atoms with Crippen molar-refractivity contribution in [3.63, 3.8) is 0 Å². The van der Waals surface area contributed by atoms with Crippen LogP contribution in [-0.2, 0) is 17.6 Å². The molecular weight excluding hydrogens is 491 g/mol. The molecule has 162 valence electrons. The number of fused-ring (bicyclic) bond motifs is 1. The summed E-state index contributed by atoms with van der Waals surface area (Å²) in [6.45, 7) is 4.87. The van der Waals surface area contributed by atoms with Gasteiger partial charge in [-0.3, -0.25) is 9.79 Å². The van der Waals surface area contributed by atoms with E-state index in [1.54, 1.807) is 0 Å². The number of hydrogen-bond donors (Lipinski definition) is 3. The first-order chi connectivity index (χ1) is 14.2. The molecule has 7 heteroatoms. The van der Waals surface area contributed by atoms with Crippen LogP contribution in [-0.4, -0.2) is 38.1 Å². The number of rotatable bonds is 9. The van der Waals surface area contributed by atoms with Gasteiger partial charge in [-0.1, -0.05) is 30.3 Å². The Hall–Kier alpha value is -2.29. The van der Waals surface area contributed by atoms with Crippen LogP contribution in [0, 0.1) is 0 Å². The van der Waals surface area contributed by atoms with Gasteiger partial charge in [-0.25, -0.2) is 0 Å². The van der Waals surface area contributed by atoms with Crippen molar-refractivity contribution in [3.05, 3.63) is 59.7 Å². The maximum Gasteiger partial charge on any atom is 0.224 e. The molecule has 0 spiro atoms. The molecule has 2 aromatic carbocycles. The summed E-state index contributed by atoms with van der Waals surface area (Å²) in [5.41, 5.74) is 3.37. The average Bonchev–Trinajstić information content (AvgIpc) is 2.75. The summed E-state index contributed by atoms with van der Waals surface area (Å²) < 4.78 is 5.85. The number of carbonyl (C=O) groups is 1. The Morgan fingerprint density at radius 2 is 1.97 bits per heavy atom. The number of ether oxygens (including phenoxy) is 1. The van der Waals surface area contributed by atoms with Crippen LogP contribution >= 0.6 is 24.0 Å². The number of amides is 1. The van der Waals surface area contributed by atoms with Crippen LogP contribution < -0.4 is 20.7 Å². The molecule has 2 aromatic rings. The summed E-state index contributed by atoms with van der Waals surface area (Å²) in [5, 5.41) is 9.47. The minimum absolute atomic E-state index is 0. The number of halogens is 1. The lowest BCUT2D eigenvalue weighted by molar-refractivity contribution is -0.116. The number of nitrogens with one attached hydrogen (secondary N) is 3. The van der Waals surface area contributed by atoms with Crippen LogP contribution in [0.2, 0.25) is 0 Å². The zero-order chi connectivity index (χ0) is 20.3. The second kappa shape index (κ2) is 13.1. The molecule has 0 atom stereocenters. The smallest absolute Gasteiger partial charge is 0.224 e. The van der Waals surface area contributed by atoms with Gasteiger partial charge in [0.2, 0.25) is 5.91 Å². The lowest BCUT2D eigenvalue weighted by Gasteiger charge is -2.18. The Morgan fingerprint density at radius 1 is 1.13 bits per heavy atom. The molecule has 0 fully saturated rings. The van der Waals surface area contributed by atoms with E-state index in [9.17, 15) is 4.79 Å². The third-order valence-corrected chi connectivity index (χ3v) is 4.72. The molecule has 30 heavy (non-hydrogen) atoms. The third-order valence-electron chi connectivity index (χ3n) is 4.72. The zero-order valence-corrected chi connectivity index (χ0v) is 19.8. The summed E-state index contributed by atoms with van der Waals surface area (Å²) in [6.07, 6.45) is 3.34. The summed E-state index contributed by atoms with van der Waals surface area (Å²) in [5.74, 6) is 1.72. The van der Waals surface area contributed by atoms with E-state index in [1.807, 2.05) is 24.3 Å². The minimum atomic E-state index is 0. The second-order valence-corrected chi connectivity index (χ2v) is 6.99. The molecule has 0 aliphatic carbocycles. The highest BCUT2D eigenvalue weighted by atomic mass is 127. The second-order valence-electron chi connectivity index (χ2n) is 6.99. The molecule has 3 N–H and O–H groups in total. The van der Waals surface area contributed by atoms with Gasteiger partial charge >= 0.3 is 0 Å². The summed E-state index contributed by atoms with van der Waals surface area (Å²) in [4.78, 5) is 16.1. The van der Waals surface area contributed by atoms with Crippen LogP contribution in [0.3, 0.4) is 0 Å². The van der Waals surface area contributed by atoms with Crippen molar-refractivity contribution in [1.29, 1.82) is 0 Å². The number of benzene rings is 2. The van der Waals surface area contributed by atoms with E-state index in [2.05, 4.69) is 52.1 Å². The monoisotopic (exact) mass is 522 g/mol. The molecule has 0 bridgehead atoms. The van der Waals surface area contributed by atoms with Gasteiger partial charge in [0.05, 0.1) is 6.54 Å². The zero-order valence-electron chi connectivity index (χ0n) is 17.4. The van der Waals surface area contributed by atoms with Crippen molar-refractivity contribution in [3.8, 4) is 5.75 Å². The number of guanidine groups is 1. The van der Waals surface area contributed by atoms with Gasteiger partial charge in [0.25, 0.3) is 0 Å². The largest absolute Gasteiger partial charge is 0.492 e.